The zero-order valence-electron chi connectivity index (χ0n) is 12.5. The largest absolute Gasteiger partial charge is 0.378 e. The van der Waals surface area contributed by atoms with Gasteiger partial charge in [0.05, 0.1) is 18.7 Å². The monoisotopic (exact) mass is 301 g/mol. The van der Waals surface area contributed by atoms with E-state index in [2.05, 4.69) is 10.3 Å². The lowest BCUT2D eigenvalue weighted by atomic mass is 10.1. The van der Waals surface area contributed by atoms with E-state index in [1.165, 1.54) is 0 Å². The third-order valence-electron chi connectivity index (χ3n) is 3.89. The molecular weight excluding hydrogens is 282 g/mol. The number of H-pyrrole nitrogens is 1. The molecule has 1 saturated heterocycles. The first-order valence-electron chi connectivity index (χ1n) is 7.37. The Bertz CT molecular complexity index is 748. The van der Waals surface area contributed by atoms with Gasteiger partial charge in [-0.25, -0.2) is 4.79 Å². The molecule has 6 nitrogen and oxygen atoms in total. The first-order chi connectivity index (χ1) is 10.6. The number of fused-ring (bicyclic) bond motifs is 1. The van der Waals surface area contributed by atoms with Crippen molar-refractivity contribution in [1.29, 1.82) is 0 Å². The van der Waals surface area contributed by atoms with Crippen LogP contribution in [0.3, 0.4) is 0 Å². The molecule has 116 valence electrons. The molecule has 6 heteroatoms. The fourth-order valence-corrected chi connectivity index (χ4v) is 2.61. The zero-order valence-corrected chi connectivity index (χ0v) is 12.5. The Balaban J connectivity index is 1.75. The van der Waals surface area contributed by atoms with Gasteiger partial charge in [0, 0.05) is 25.2 Å². The summed E-state index contributed by atoms with van der Waals surface area (Å²) in [5, 5.41) is 3.77. The fraction of sp³-hybridized carbons (Fsp3) is 0.375. The molecule has 1 aromatic carbocycles. The SMILES string of the molecule is Cc1cccc2cc(CNC(=O)N3CCOCC3)c(=O)[nH]c12. The van der Waals surface area contributed by atoms with Gasteiger partial charge in [-0.2, -0.15) is 0 Å². The molecule has 22 heavy (non-hydrogen) atoms. The number of hydrogen-bond acceptors (Lipinski definition) is 3. The molecule has 0 atom stereocenters. The predicted octanol–water partition coefficient (Wildman–Crippen LogP) is 1.38. The number of carbonyl (C=O) groups is 1. The van der Waals surface area contributed by atoms with Crippen LogP contribution in [0.15, 0.2) is 29.1 Å². The van der Waals surface area contributed by atoms with Crippen LogP contribution in [0.5, 0.6) is 0 Å². The van der Waals surface area contributed by atoms with E-state index in [4.69, 9.17) is 4.74 Å². The van der Waals surface area contributed by atoms with Crippen LogP contribution < -0.4 is 10.9 Å². The fourth-order valence-electron chi connectivity index (χ4n) is 2.61. The second kappa shape index (κ2) is 6.19. The number of aromatic amines is 1. The Kier molecular flexibility index (Phi) is 4.11. The molecule has 1 aromatic heterocycles. The Morgan fingerprint density at radius 3 is 2.91 bits per heavy atom. The molecule has 2 N–H and O–H groups in total. The summed E-state index contributed by atoms with van der Waals surface area (Å²) in [5.41, 5.74) is 2.26. The lowest BCUT2D eigenvalue weighted by Gasteiger charge is -2.26. The highest BCUT2D eigenvalue weighted by Crippen LogP contribution is 2.14. The highest BCUT2D eigenvalue weighted by Gasteiger charge is 2.16. The van der Waals surface area contributed by atoms with Crippen molar-refractivity contribution in [2.75, 3.05) is 26.3 Å². The summed E-state index contributed by atoms with van der Waals surface area (Å²) in [6.07, 6.45) is 0. The van der Waals surface area contributed by atoms with Gasteiger partial charge in [-0.1, -0.05) is 18.2 Å². The summed E-state index contributed by atoms with van der Waals surface area (Å²) in [7, 11) is 0. The van der Waals surface area contributed by atoms with Gasteiger partial charge >= 0.3 is 6.03 Å². The van der Waals surface area contributed by atoms with E-state index in [0.717, 1.165) is 16.5 Å². The molecule has 2 heterocycles. The first kappa shape index (κ1) is 14.6. The minimum Gasteiger partial charge on any atom is -0.378 e. The molecule has 0 bridgehead atoms. The van der Waals surface area contributed by atoms with Crippen molar-refractivity contribution in [2.24, 2.45) is 0 Å². The van der Waals surface area contributed by atoms with Crippen molar-refractivity contribution in [3.05, 3.63) is 45.7 Å². The number of rotatable bonds is 2. The number of nitrogens with one attached hydrogen (secondary N) is 2. The third kappa shape index (κ3) is 2.96. The van der Waals surface area contributed by atoms with E-state index in [1.54, 1.807) is 4.90 Å². The smallest absolute Gasteiger partial charge is 0.317 e. The molecule has 0 radical (unpaired) electrons. The van der Waals surface area contributed by atoms with Gasteiger partial charge in [0.25, 0.3) is 5.56 Å². The maximum atomic E-state index is 12.1. The van der Waals surface area contributed by atoms with Crippen LogP contribution in [0, 0.1) is 6.92 Å². The number of nitrogens with zero attached hydrogens (tertiary/aromatic N) is 1. The topological polar surface area (TPSA) is 74.4 Å². The number of morpholine rings is 1. The van der Waals surface area contributed by atoms with E-state index in [1.807, 2.05) is 31.2 Å². The summed E-state index contributed by atoms with van der Waals surface area (Å²) in [6.45, 7) is 4.46. The van der Waals surface area contributed by atoms with Crippen LogP contribution in [0.2, 0.25) is 0 Å². The standard InChI is InChI=1S/C16H19N3O3/c1-11-3-2-4-12-9-13(15(20)18-14(11)12)10-17-16(21)19-5-7-22-8-6-19/h2-4,9H,5-8,10H2,1H3,(H,17,21)(H,18,20). The second-order valence-corrected chi connectivity index (χ2v) is 5.42. The van der Waals surface area contributed by atoms with Crippen LogP contribution >= 0.6 is 0 Å². The number of aryl methyl sites for hydroxylation is 1. The highest BCUT2D eigenvalue weighted by atomic mass is 16.5. The van der Waals surface area contributed by atoms with Crippen LogP contribution in [-0.4, -0.2) is 42.2 Å². The molecule has 0 aliphatic carbocycles. The Labute approximate surface area is 128 Å². The van der Waals surface area contributed by atoms with E-state index >= 15 is 0 Å². The van der Waals surface area contributed by atoms with Gasteiger partial charge in [0.1, 0.15) is 0 Å². The van der Waals surface area contributed by atoms with Crippen molar-refractivity contribution in [3.63, 3.8) is 0 Å². The van der Waals surface area contributed by atoms with Crippen LogP contribution in [-0.2, 0) is 11.3 Å². The number of para-hydroxylation sites is 1. The lowest BCUT2D eigenvalue weighted by molar-refractivity contribution is 0.0531. The van der Waals surface area contributed by atoms with E-state index in [0.29, 0.717) is 31.9 Å². The molecule has 3 rings (SSSR count). The minimum atomic E-state index is -0.163. The number of pyridine rings is 1. The number of carbonyl (C=O) groups excluding carboxylic acids is 1. The minimum absolute atomic E-state index is 0.160. The lowest BCUT2D eigenvalue weighted by Crippen LogP contribution is -2.46. The number of urea groups is 1. The Morgan fingerprint density at radius 1 is 1.36 bits per heavy atom. The van der Waals surface area contributed by atoms with Crippen molar-refractivity contribution in [1.82, 2.24) is 15.2 Å². The maximum Gasteiger partial charge on any atom is 0.317 e. The van der Waals surface area contributed by atoms with Crippen LogP contribution in [0.4, 0.5) is 4.79 Å². The molecule has 1 aliphatic rings. The number of amides is 2. The zero-order chi connectivity index (χ0) is 15.5. The van der Waals surface area contributed by atoms with E-state index < -0.39 is 0 Å². The molecule has 1 aliphatic heterocycles. The predicted molar refractivity (Wildman–Crippen MR) is 83.9 cm³/mol. The van der Waals surface area contributed by atoms with Gasteiger partial charge in [-0.3, -0.25) is 4.79 Å². The quantitative estimate of drug-likeness (QED) is 0.880. The van der Waals surface area contributed by atoms with Gasteiger partial charge in [-0.05, 0) is 23.9 Å². The number of benzene rings is 1. The van der Waals surface area contributed by atoms with Gasteiger partial charge < -0.3 is 19.9 Å². The van der Waals surface area contributed by atoms with Gasteiger partial charge in [-0.15, -0.1) is 0 Å². The number of hydrogen-bond donors (Lipinski definition) is 2. The van der Waals surface area contributed by atoms with Crippen molar-refractivity contribution in [3.8, 4) is 0 Å². The summed E-state index contributed by atoms with van der Waals surface area (Å²) in [6, 6.07) is 7.53. The summed E-state index contributed by atoms with van der Waals surface area (Å²) in [5.74, 6) is 0. The molecule has 1 fully saturated rings. The molecule has 0 unspecified atom stereocenters. The number of aromatic nitrogens is 1. The van der Waals surface area contributed by atoms with Gasteiger partial charge in [0.2, 0.25) is 0 Å². The third-order valence-corrected chi connectivity index (χ3v) is 3.89. The molecular formula is C16H19N3O3. The maximum absolute atomic E-state index is 12.1. The average molecular weight is 301 g/mol. The summed E-state index contributed by atoms with van der Waals surface area (Å²) in [4.78, 5) is 28.8. The Hall–Kier alpha value is -2.34. The average Bonchev–Trinajstić information content (AvgIpc) is 2.54. The van der Waals surface area contributed by atoms with Crippen LogP contribution in [0.1, 0.15) is 11.1 Å². The van der Waals surface area contributed by atoms with E-state index in [9.17, 15) is 9.59 Å². The van der Waals surface area contributed by atoms with Crippen LogP contribution in [0.25, 0.3) is 10.9 Å². The molecule has 0 saturated carbocycles. The van der Waals surface area contributed by atoms with E-state index in [-0.39, 0.29) is 18.1 Å². The summed E-state index contributed by atoms with van der Waals surface area (Å²) >= 11 is 0. The Morgan fingerprint density at radius 2 is 2.14 bits per heavy atom. The second-order valence-electron chi connectivity index (χ2n) is 5.42. The van der Waals surface area contributed by atoms with Crippen molar-refractivity contribution >= 4 is 16.9 Å². The first-order valence-corrected chi connectivity index (χ1v) is 7.37. The summed E-state index contributed by atoms with van der Waals surface area (Å²) < 4.78 is 5.21. The van der Waals surface area contributed by atoms with Crippen molar-refractivity contribution < 1.29 is 9.53 Å². The molecule has 2 aromatic rings. The molecule has 2 amide bonds. The molecule has 0 spiro atoms. The number of ether oxygens (including phenoxy) is 1. The highest BCUT2D eigenvalue weighted by molar-refractivity contribution is 5.82. The normalized spacial score (nSPS) is 15.0. The van der Waals surface area contributed by atoms with Crippen molar-refractivity contribution in [2.45, 2.75) is 13.5 Å². The van der Waals surface area contributed by atoms with Gasteiger partial charge in [0.15, 0.2) is 0 Å².